The van der Waals surface area contributed by atoms with Crippen molar-refractivity contribution in [3.8, 4) is 0 Å². The molecule has 3 atom stereocenters. The summed E-state index contributed by atoms with van der Waals surface area (Å²) < 4.78 is 5.94. The number of carboxylic acid groups (broad SMARTS) is 1. The largest absolute Gasteiger partial charge is 0.481 e. The number of carboxylic acids is 1. The number of rotatable bonds is 11. The van der Waals surface area contributed by atoms with E-state index in [4.69, 9.17) is 10.5 Å². The standard InChI is InChI=1S/C27H42N2O5/c1-4-27(5-2)22-15-19(25(28)31)9-8-18(22)16-23(34-3)24(27)29-13-12-20(26(32)33)14-17-6-10-21(30)11-7-17/h8-9,15,17,20-21,23-24,29-30H,4-7,10-14,16H2,1-3H3,(H2,28,31)(H,32,33)/t17?,20?,21?,23-,24+/m0/s1. The van der Waals surface area contributed by atoms with Crippen LogP contribution in [0.15, 0.2) is 18.2 Å². The molecule has 0 saturated heterocycles. The zero-order valence-electron chi connectivity index (χ0n) is 20.9. The molecule has 0 spiro atoms. The molecule has 1 aromatic carbocycles. The molecule has 190 valence electrons. The monoisotopic (exact) mass is 474 g/mol. The summed E-state index contributed by atoms with van der Waals surface area (Å²) in [6, 6.07) is 5.74. The zero-order chi connectivity index (χ0) is 24.9. The minimum Gasteiger partial charge on any atom is -0.481 e. The van der Waals surface area contributed by atoms with Crippen LogP contribution in [-0.4, -0.2) is 54.0 Å². The van der Waals surface area contributed by atoms with Crippen LogP contribution in [0.1, 0.15) is 86.7 Å². The van der Waals surface area contributed by atoms with Crippen LogP contribution in [0, 0.1) is 11.8 Å². The van der Waals surface area contributed by atoms with Crippen LogP contribution >= 0.6 is 0 Å². The molecular formula is C27H42N2O5. The summed E-state index contributed by atoms with van der Waals surface area (Å²) in [4.78, 5) is 23.9. The SMILES string of the molecule is CCC1(CC)c2cc(C(N)=O)ccc2C[C@H](OC)[C@H]1NCCC(CC1CCC(O)CC1)C(=O)O. The molecule has 34 heavy (non-hydrogen) atoms. The Hall–Kier alpha value is -1.96. The molecule has 3 rings (SSSR count). The van der Waals surface area contributed by atoms with Gasteiger partial charge in [0.25, 0.3) is 0 Å². The second-order valence-corrected chi connectivity index (χ2v) is 10.2. The van der Waals surface area contributed by atoms with Crippen molar-refractivity contribution >= 4 is 11.9 Å². The average molecular weight is 475 g/mol. The molecule has 1 fully saturated rings. The summed E-state index contributed by atoms with van der Waals surface area (Å²) in [5.41, 5.74) is 8.19. The van der Waals surface area contributed by atoms with E-state index >= 15 is 0 Å². The number of primary amides is 1. The minimum atomic E-state index is -0.742. The van der Waals surface area contributed by atoms with Crippen LogP contribution in [0.25, 0.3) is 0 Å². The molecule has 2 aliphatic carbocycles. The summed E-state index contributed by atoms with van der Waals surface area (Å²) in [6.07, 6.45) is 6.76. The van der Waals surface area contributed by atoms with Crippen molar-refractivity contribution in [3.63, 3.8) is 0 Å². The molecule has 1 saturated carbocycles. The first kappa shape index (κ1) is 26.6. The number of fused-ring (bicyclic) bond motifs is 1. The summed E-state index contributed by atoms with van der Waals surface area (Å²) >= 11 is 0. The van der Waals surface area contributed by atoms with Gasteiger partial charge in [-0.2, -0.15) is 0 Å². The summed E-state index contributed by atoms with van der Waals surface area (Å²) in [5, 5.41) is 23.3. The molecule has 7 heteroatoms. The lowest BCUT2D eigenvalue weighted by Gasteiger charge is -2.49. The Bertz CT molecular complexity index is 845. The molecule has 1 amide bonds. The molecule has 0 bridgehead atoms. The van der Waals surface area contributed by atoms with E-state index in [1.807, 2.05) is 12.1 Å². The summed E-state index contributed by atoms with van der Waals surface area (Å²) in [6.45, 7) is 4.91. The molecule has 1 unspecified atom stereocenters. The molecule has 0 aliphatic heterocycles. The number of amides is 1. The number of carbonyl (C=O) groups is 2. The average Bonchev–Trinajstić information content (AvgIpc) is 2.83. The Morgan fingerprint density at radius 1 is 1.21 bits per heavy atom. The van der Waals surface area contributed by atoms with E-state index in [0.29, 0.717) is 30.9 Å². The number of hydrogen-bond acceptors (Lipinski definition) is 5. The highest BCUT2D eigenvalue weighted by atomic mass is 16.5. The maximum Gasteiger partial charge on any atom is 0.306 e. The third-order valence-corrected chi connectivity index (χ3v) is 8.52. The second-order valence-electron chi connectivity index (χ2n) is 10.2. The molecule has 0 heterocycles. The second kappa shape index (κ2) is 11.6. The van der Waals surface area contributed by atoms with Crippen LogP contribution in [0.3, 0.4) is 0 Å². The van der Waals surface area contributed by atoms with Gasteiger partial charge in [0.1, 0.15) is 0 Å². The molecular weight excluding hydrogens is 432 g/mol. The van der Waals surface area contributed by atoms with Crippen LogP contribution in [0.4, 0.5) is 0 Å². The predicted octanol–water partition coefficient (Wildman–Crippen LogP) is 3.40. The topological polar surface area (TPSA) is 122 Å². The zero-order valence-corrected chi connectivity index (χ0v) is 20.9. The Kier molecular flexibility index (Phi) is 9.13. The van der Waals surface area contributed by atoms with Gasteiger partial charge >= 0.3 is 5.97 Å². The molecule has 0 aromatic heterocycles. The third-order valence-electron chi connectivity index (χ3n) is 8.52. The van der Waals surface area contributed by atoms with E-state index in [1.165, 1.54) is 5.56 Å². The van der Waals surface area contributed by atoms with Gasteiger partial charge in [-0.1, -0.05) is 19.9 Å². The third kappa shape index (κ3) is 5.64. The van der Waals surface area contributed by atoms with Crippen LogP contribution in [0.2, 0.25) is 0 Å². The van der Waals surface area contributed by atoms with Gasteiger partial charge in [0, 0.05) is 30.6 Å². The lowest BCUT2D eigenvalue weighted by atomic mass is 9.62. The number of carbonyl (C=O) groups excluding carboxylic acids is 1. The van der Waals surface area contributed by atoms with Crippen molar-refractivity contribution in [2.24, 2.45) is 17.6 Å². The van der Waals surface area contributed by atoms with Gasteiger partial charge in [-0.25, -0.2) is 0 Å². The maximum atomic E-state index is 12.0. The van der Waals surface area contributed by atoms with Gasteiger partial charge in [0.05, 0.1) is 18.1 Å². The van der Waals surface area contributed by atoms with Gasteiger partial charge in [-0.3, -0.25) is 9.59 Å². The van der Waals surface area contributed by atoms with Crippen molar-refractivity contribution in [1.29, 1.82) is 0 Å². The highest BCUT2D eigenvalue weighted by Crippen LogP contribution is 2.44. The Morgan fingerprint density at radius 3 is 2.44 bits per heavy atom. The molecule has 2 aliphatic rings. The van der Waals surface area contributed by atoms with E-state index in [-0.39, 0.29) is 23.7 Å². The van der Waals surface area contributed by atoms with Crippen molar-refractivity contribution < 1.29 is 24.5 Å². The Balaban J connectivity index is 1.76. The first-order valence-electron chi connectivity index (χ1n) is 12.9. The predicted molar refractivity (Wildman–Crippen MR) is 132 cm³/mol. The van der Waals surface area contributed by atoms with Crippen LogP contribution < -0.4 is 11.1 Å². The van der Waals surface area contributed by atoms with Crippen molar-refractivity contribution in [3.05, 3.63) is 34.9 Å². The number of nitrogens with two attached hydrogens (primary N) is 1. The molecule has 0 radical (unpaired) electrons. The normalized spacial score (nSPS) is 27.1. The smallest absolute Gasteiger partial charge is 0.306 e. The molecule has 1 aromatic rings. The fourth-order valence-electron chi connectivity index (χ4n) is 6.38. The van der Waals surface area contributed by atoms with E-state index in [9.17, 15) is 19.8 Å². The highest BCUT2D eigenvalue weighted by Gasteiger charge is 2.46. The number of methoxy groups -OCH3 is 1. The van der Waals surface area contributed by atoms with Gasteiger partial charge in [-0.05, 0) is 87.1 Å². The highest BCUT2D eigenvalue weighted by molar-refractivity contribution is 5.93. The fourth-order valence-corrected chi connectivity index (χ4v) is 6.38. The Morgan fingerprint density at radius 2 is 1.88 bits per heavy atom. The van der Waals surface area contributed by atoms with Crippen molar-refractivity contribution in [2.75, 3.05) is 13.7 Å². The number of ether oxygens (including phenoxy) is 1. The minimum absolute atomic E-state index is 0.00222. The number of aliphatic hydroxyl groups is 1. The number of aliphatic carboxylic acids is 1. The number of hydrogen-bond donors (Lipinski definition) is 4. The van der Waals surface area contributed by atoms with Crippen molar-refractivity contribution in [1.82, 2.24) is 5.32 Å². The first-order chi connectivity index (χ1) is 16.2. The number of aliphatic hydroxyl groups excluding tert-OH is 1. The van der Waals surface area contributed by atoms with Gasteiger partial charge in [0.15, 0.2) is 0 Å². The number of benzene rings is 1. The van der Waals surface area contributed by atoms with E-state index in [1.54, 1.807) is 13.2 Å². The van der Waals surface area contributed by atoms with Crippen LogP contribution in [-0.2, 0) is 21.4 Å². The first-order valence-corrected chi connectivity index (χ1v) is 12.9. The van der Waals surface area contributed by atoms with Crippen molar-refractivity contribution in [2.45, 2.75) is 95.3 Å². The maximum absolute atomic E-state index is 12.0. The Labute approximate surface area is 203 Å². The van der Waals surface area contributed by atoms with Crippen LogP contribution in [0.5, 0.6) is 0 Å². The lowest BCUT2D eigenvalue weighted by molar-refractivity contribution is -0.142. The van der Waals surface area contributed by atoms with Gasteiger partial charge < -0.3 is 26.0 Å². The number of nitrogens with one attached hydrogen (secondary N) is 1. The fraction of sp³-hybridized carbons (Fsp3) is 0.704. The van der Waals surface area contributed by atoms with E-state index in [2.05, 4.69) is 19.2 Å². The molecule has 7 nitrogen and oxygen atoms in total. The quantitative estimate of drug-likeness (QED) is 0.390. The summed E-state index contributed by atoms with van der Waals surface area (Å²) in [5.74, 6) is -1.20. The van der Waals surface area contributed by atoms with E-state index < -0.39 is 17.8 Å². The van der Waals surface area contributed by atoms with Gasteiger partial charge in [0.2, 0.25) is 5.91 Å². The summed E-state index contributed by atoms with van der Waals surface area (Å²) in [7, 11) is 1.73. The lowest BCUT2D eigenvalue weighted by Crippen LogP contribution is -2.59. The molecule has 5 N–H and O–H groups in total. The van der Waals surface area contributed by atoms with E-state index in [0.717, 1.165) is 50.5 Å². The van der Waals surface area contributed by atoms with Gasteiger partial charge in [-0.15, -0.1) is 0 Å².